The van der Waals surface area contributed by atoms with Gasteiger partial charge < -0.3 is 10.1 Å². The van der Waals surface area contributed by atoms with Crippen molar-refractivity contribution >= 4 is 33.2 Å². The molecule has 0 fully saturated rings. The second-order valence-corrected chi connectivity index (χ2v) is 4.14. The molecule has 1 N–H and O–H groups in total. The third-order valence-corrected chi connectivity index (χ3v) is 2.59. The SMILES string of the molecule is FC1(F)CNc2c(Br)cc(Cl)cc2O1. The van der Waals surface area contributed by atoms with Crippen LogP contribution in [0.25, 0.3) is 0 Å². The molecule has 1 aromatic rings. The molecule has 1 aliphatic rings. The Kier molecular flexibility index (Phi) is 2.31. The first-order valence-electron chi connectivity index (χ1n) is 3.78. The van der Waals surface area contributed by atoms with Crippen LogP contribution in [-0.2, 0) is 0 Å². The minimum absolute atomic E-state index is 0.0561. The van der Waals surface area contributed by atoms with E-state index in [0.717, 1.165) is 0 Å². The third kappa shape index (κ3) is 1.79. The Morgan fingerprint density at radius 2 is 2.21 bits per heavy atom. The topological polar surface area (TPSA) is 21.3 Å². The van der Waals surface area contributed by atoms with E-state index in [1.165, 1.54) is 6.07 Å². The molecule has 0 aliphatic carbocycles. The van der Waals surface area contributed by atoms with Crippen molar-refractivity contribution in [3.8, 4) is 5.75 Å². The van der Waals surface area contributed by atoms with E-state index in [0.29, 0.717) is 15.2 Å². The van der Waals surface area contributed by atoms with Crippen LogP contribution in [0.15, 0.2) is 16.6 Å². The molecule has 0 unspecified atom stereocenters. The summed E-state index contributed by atoms with van der Waals surface area (Å²) in [5, 5.41) is 2.91. The van der Waals surface area contributed by atoms with Crippen molar-refractivity contribution < 1.29 is 13.5 Å². The van der Waals surface area contributed by atoms with Crippen LogP contribution in [0.3, 0.4) is 0 Å². The van der Waals surface area contributed by atoms with Crippen molar-refractivity contribution in [3.63, 3.8) is 0 Å². The van der Waals surface area contributed by atoms with E-state index >= 15 is 0 Å². The Hall–Kier alpha value is -0.550. The number of benzene rings is 1. The lowest BCUT2D eigenvalue weighted by Gasteiger charge is -2.27. The molecule has 6 heteroatoms. The highest BCUT2D eigenvalue weighted by atomic mass is 79.9. The monoisotopic (exact) mass is 283 g/mol. The van der Waals surface area contributed by atoms with Crippen molar-refractivity contribution in [1.82, 2.24) is 0 Å². The Morgan fingerprint density at radius 1 is 1.50 bits per heavy atom. The summed E-state index contributed by atoms with van der Waals surface area (Å²) in [5.74, 6) is 0.0561. The molecule has 14 heavy (non-hydrogen) atoms. The van der Waals surface area contributed by atoms with Gasteiger partial charge in [0.15, 0.2) is 5.75 Å². The summed E-state index contributed by atoms with van der Waals surface area (Å²) in [4.78, 5) is 0. The molecule has 2 rings (SSSR count). The van der Waals surface area contributed by atoms with E-state index in [1.807, 2.05) is 0 Å². The second-order valence-electron chi connectivity index (χ2n) is 2.85. The maximum atomic E-state index is 12.8. The van der Waals surface area contributed by atoms with Crippen molar-refractivity contribution in [3.05, 3.63) is 21.6 Å². The number of anilines is 1. The fourth-order valence-electron chi connectivity index (χ4n) is 1.19. The van der Waals surface area contributed by atoms with Crippen LogP contribution < -0.4 is 10.1 Å². The van der Waals surface area contributed by atoms with Crippen LogP contribution in [0.4, 0.5) is 14.5 Å². The molecular formula is C8H5BrClF2NO. The van der Waals surface area contributed by atoms with Gasteiger partial charge in [0.2, 0.25) is 0 Å². The van der Waals surface area contributed by atoms with Crippen molar-refractivity contribution in [2.75, 3.05) is 11.9 Å². The van der Waals surface area contributed by atoms with Crippen LogP contribution in [0.5, 0.6) is 5.75 Å². The molecule has 0 saturated heterocycles. The van der Waals surface area contributed by atoms with Gasteiger partial charge in [0.05, 0.1) is 5.69 Å². The van der Waals surface area contributed by atoms with E-state index in [9.17, 15) is 8.78 Å². The maximum Gasteiger partial charge on any atom is 0.415 e. The standard InChI is InChI=1S/C8H5BrClF2NO/c9-5-1-4(10)2-6-7(5)13-3-8(11,12)14-6/h1-2,13H,3H2. The Bertz CT molecular complexity index is 386. The van der Waals surface area contributed by atoms with E-state index < -0.39 is 12.7 Å². The first-order valence-corrected chi connectivity index (χ1v) is 4.95. The van der Waals surface area contributed by atoms with Gasteiger partial charge in [0.25, 0.3) is 0 Å². The number of hydrogen-bond acceptors (Lipinski definition) is 2. The first kappa shape index (κ1) is 9.98. The maximum absolute atomic E-state index is 12.8. The van der Waals surface area contributed by atoms with E-state index in [2.05, 4.69) is 26.0 Å². The van der Waals surface area contributed by atoms with E-state index in [4.69, 9.17) is 11.6 Å². The Morgan fingerprint density at radius 3 is 2.93 bits per heavy atom. The van der Waals surface area contributed by atoms with Gasteiger partial charge in [-0.15, -0.1) is 0 Å². The zero-order valence-electron chi connectivity index (χ0n) is 6.78. The number of fused-ring (bicyclic) bond motifs is 1. The Labute approximate surface area is 92.3 Å². The van der Waals surface area contributed by atoms with Gasteiger partial charge in [-0.3, -0.25) is 0 Å². The lowest BCUT2D eigenvalue weighted by Crippen LogP contribution is -2.37. The number of rotatable bonds is 0. The minimum atomic E-state index is -3.18. The van der Waals surface area contributed by atoms with Crippen molar-refractivity contribution in [1.29, 1.82) is 0 Å². The molecular weight excluding hydrogens is 279 g/mol. The average molecular weight is 284 g/mol. The molecule has 0 amide bonds. The lowest BCUT2D eigenvalue weighted by molar-refractivity contribution is -0.166. The molecule has 1 aromatic carbocycles. The zero-order valence-corrected chi connectivity index (χ0v) is 9.12. The highest BCUT2D eigenvalue weighted by Crippen LogP contribution is 2.41. The molecule has 76 valence electrons. The second kappa shape index (κ2) is 3.24. The molecule has 0 spiro atoms. The van der Waals surface area contributed by atoms with Crippen molar-refractivity contribution in [2.45, 2.75) is 6.11 Å². The largest absolute Gasteiger partial charge is 0.429 e. The molecule has 0 aromatic heterocycles. The van der Waals surface area contributed by atoms with Crippen LogP contribution in [-0.4, -0.2) is 12.7 Å². The minimum Gasteiger partial charge on any atom is -0.429 e. The van der Waals surface area contributed by atoms with Gasteiger partial charge in [-0.05, 0) is 22.0 Å². The summed E-state index contributed by atoms with van der Waals surface area (Å²) >= 11 is 8.89. The van der Waals surface area contributed by atoms with Gasteiger partial charge in [-0.2, -0.15) is 8.78 Å². The third-order valence-electron chi connectivity index (χ3n) is 1.75. The van der Waals surface area contributed by atoms with Crippen molar-refractivity contribution in [2.24, 2.45) is 0 Å². The van der Waals surface area contributed by atoms with E-state index in [1.54, 1.807) is 6.07 Å². The number of hydrogen-bond donors (Lipinski definition) is 1. The fourth-order valence-corrected chi connectivity index (χ4v) is 2.11. The summed E-state index contributed by atoms with van der Waals surface area (Å²) in [6.07, 6.45) is -3.18. The molecule has 0 bridgehead atoms. The predicted molar refractivity (Wildman–Crippen MR) is 53.2 cm³/mol. The molecule has 2 nitrogen and oxygen atoms in total. The zero-order chi connectivity index (χ0) is 10.3. The molecule has 1 heterocycles. The van der Waals surface area contributed by atoms with Gasteiger partial charge in [-0.25, -0.2) is 0 Å². The molecule has 0 atom stereocenters. The van der Waals surface area contributed by atoms with Gasteiger partial charge in [0.1, 0.15) is 6.54 Å². The lowest BCUT2D eigenvalue weighted by atomic mass is 10.2. The summed E-state index contributed by atoms with van der Waals surface area (Å²) in [7, 11) is 0. The van der Waals surface area contributed by atoms with Crippen LogP contribution >= 0.6 is 27.5 Å². The van der Waals surface area contributed by atoms with Crippen LogP contribution in [0.2, 0.25) is 5.02 Å². The number of halogens is 4. The van der Waals surface area contributed by atoms with Gasteiger partial charge in [0, 0.05) is 15.6 Å². The normalized spacial score (nSPS) is 18.0. The smallest absolute Gasteiger partial charge is 0.415 e. The molecule has 0 radical (unpaired) electrons. The first-order chi connectivity index (χ1) is 6.48. The summed E-state index contributed by atoms with van der Waals surface area (Å²) < 4.78 is 30.7. The number of ether oxygens (including phenoxy) is 1. The molecule has 1 aliphatic heterocycles. The summed E-state index contributed by atoms with van der Waals surface area (Å²) in [5.41, 5.74) is 0.500. The predicted octanol–water partition coefficient (Wildman–Crippen LogP) is 3.50. The fraction of sp³-hybridized carbons (Fsp3) is 0.250. The summed E-state index contributed by atoms with van der Waals surface area (Å²) in [6, 6.07) is 2.96. The van der Waals surface area contributed by atoms with Gasteiger partial charge in [-0.1, -0.05) is 11.6 Å². The van der Waals surface area contributed by atoms with Crippen LogP contribution in [0, 0.1) is 0 Å². The number of alkyl halides is 2. The van der Waals surface area contributed by atoms with Gasteiger partial charge >= 0.3 is 6.11 Å². The van der Waals surface area contributed by atoms with E-state index in [-0.39, 0.29) is 5.75 Å². The highest BCUT2D eigenvalue weighted by Gasteiger charge is 2.37. The Balaban J connectivity index is 2.47. The number of nitrogens with one attached hydrogen (secondary N) is 1. The quantitative estimate of drug-likeness (QED) is 0.787. The highest BCUT2D eigenvalue weighted by molar-refractivity contribution is 9.10. The van der Waals surface area contributed by atoms with Crippen LogP contribution in [0.1, 0.15) is 0 Å². The average Bonchev–Trinajstić information content (AvgIpc) is 2.00. The summed E-state index contributed by atoms with van der Waals surface area (Å²) in [6.45, 7) is -0.541. The molecule has 0 saturated carbocycles.